The third-order valence-corrected chi connectivity index (χ3v) is 6.67. The van der Waals surface area contributed by atoms with E-state index in [-0.39, 0.29) is 5.78 Å². The largest absolute Gasteiger partial charge is 0.494 e. The van der Waals surface area contributed by atoms with Crippen molar-refractivity contribution in [1.29, 1.82) is 0 Å². The molecule has 4 rings (SSSR count). The van der Waals surface area contributed by atoms with E-state index >= 15 is 0 Å². The summed E-state index contributed by atoms with van der Waals surface area (Å²) in [5, 5.41) is 3.25. The second-order valence-corrected chi connectivity index (χ2v) is 9.38. The zero-order valence-electron chi connectivity index (χ0n) is 16.7. The molecule has 4 nitrogen and oxygen atoms in total. The average molecular weight is 426 g/mol. The van der Waals surface area contributed by atoms with E-state index in [1.54, 1.807) is 17.5 Å². The van der Waals surface area contributed by atoms with Crippen LogP contribution < -0.4 is 5.46 Å². The fourth-order valence-corrected chi connectivity index (χ4v) is 3.95. The first-order chi connectivity index (χ1) is 13.7. The molecule has 3 aromatic rings. The summed E-state index contributed by atoms with van der Waals surface area (Å²) in [5.41, 5.74) is 2.05. The number of hydrogen-bond acceptors (Lipinski definition) is 5. The maximum absolute atomic E-state index is 12.8. The van der Waals surface area contributed by atoms with Crippen LogP contribution in [0.4, 0.5) is 0 Å². The Balaban J connectivity index is 1.51. The quantitative estimate of drug-likeness (QED) is 0.436. The Morgan fingerprint density at radius 3 is 2.14 bits per heavy atom. The first kappa shape index (κ1) is 20.3. The number of rotatable bonds is 4. The number of benzene rings is 2. The second-order valence-electron chi connectivity index (χ2n) is 8.08. The molecule has 0 atom stereocenters. The van der Waals surface area contributed by atoms with Crippen molar-refractivity contribution in [3.8, 4) is 10.6 Å². The van der Waals surface area contributed by atoms with Gasteiger partial charge in [-0.1, -0.05) is 48.0 Å². The van der Waals surface area contributed by atoms with Crippen molar-refractivity contribution in [1.82, 2.24) is 4.98 Å². The molecule has 0 amide bonds. The molecule has 1 fully saturated rings. The van der Waals surface area contributed by atoms with Crippen molar-refractivity contribution in [2.45, 2.75) is 38.9 Å². The minimum Gasteiger partial charge on any atom is -0.399 e. The van der Waals surface area contributed by atoms with Gasteiger partial charge < -0.3 is 9.31 Å². The van der Waals surface area contributed by atoms with Gasteiger partial charge in [-0.2, -0.15) is 0 Å². The molecule has 1 aliphatic heterocycles. The van der Waals surface area contributed by atoms with Gasteiger partial charge in [0.1, 0.15) is 10.7 Å². The summed E-state index contributed by atoms with van der Waals surface area (Å²) in [4.78, 5) is 17.3. The molecule has 0 N–H and O–H groups in total. The third-order valence-electron chi connectivity index (χ3n) is 5.53. The molecule has 1 saturated heterocycles. The van der Waals surface area contributed by atoms with Gasteiger partial charge in [-0.05, 0) is 45.3 Å². The monoisotopic (exact) mass is 425 g/mol. The molecule has 1 aliphatic rings. The van der Waals surface area contributed by atoms with Gasteiger partial charge >= 0.3 is 7.12 Å². The molecule has 0 spiro atoms. The van der Waals surface area contributed by atoms with Gasteiger partial charge in [-0.15, -0.1) is 11.3 Å². The Morgan fingerprint density at radius 2 is 1.55 bits per heavy atom. The highest BCUT2D eigenvalue weighted by Gasteiger charge is 2.51. The van der Waals surface area contributed by atoms with E-state index in [2.05, 4.69) is 4.98 Å². The number of aromatic nitrogens is 1. The molecule has 148 valence electrons. The second kappa shape index (κ2) is 7.36. The van der Waals surface area contributed by atoms with Crippen LogP contribution in [0.1, 0.15) is 43.7 Å². The van der Waals surface area contributed by atoms with E-state index in [1.165, 1.54) is 11.3 Å². The molecule has 0 bridgehead atoms. The summed E-state index contributed by atoms with van der Waals surface area (Å²) in [6.45, 7) is 8.08. The average Bonchev–Trinajstić information content (AvgIpc) is 3.25. The molecule has 7 heteroatoms. The molecular weight excluding hydrogens is 405 g/mol. The number of nitrogens with zero attached hydrogens (tertiary/aromatic N) is 1. The first-order valence-electron chi connectivity index (χ1n) is 9.38. The molecule has 29 heavy (non-hydrogen) atoms. The Morgan fingerprint density at radius 1 is 0.966 bits per heavy atom. The van der Waals surface area contributed by atoms with E-state index in [1.807, 2.05) is 64.1 Å². The predicted octanol–water partition coefficient (Wildman–Crippen LogP) is 4.99. The van der Waals surface area contributed by atoms with Crippen molar-refractivity contribution in [3.05, 3.63) is 70.2 Å². The number of carbonyl (C=O) groups is 1. The smallest absolute Gasteiger partial charge is 0.399 e. The fraction of sp³-hybridized carbons (Fsp3) is 0.273. The molecule has 0 saturated carbocycles. The van der Waals surface area contributed by atoms with Crippen molar-refractivity contribution in [2.75, 3.05) is 0 Å². The van der Waals surface area contributed by atoms with Crippen LogP contribution in [0.3, 0.4) is 0 Å². The third kappa shape index (κ3) is 3.90. The number of hydrogen-bond donors (Lipinski definition) is 0. The Kier molecular flexibility index (Phi) is 5.15. The molecule has 0 radical (unpaired) electrons. The molecule has 2 aromatic carbocycles. The number of thiazole rings is 1. The van der Waals surface area contributed by atoms with Crippen LogP contribution >= 0.6 is 22.9 Å². The molecular formula is C22H21BClNO3S. The summed E-state index contributed by atoms with van der Waals surface area (Å²) in [6, 6.07) is 14.8. The minimum absolute atomic E-state index is 0.109. The lowest BCUT2D eigenvalue weighted by Crippen LogP contribution is -2.41. The number of carbonyl (C=O) groups excluding carboxylic acids is 1. The van der Waals surface area contributed by atoms with E-state index in [0.29, 0.717) is 16.3 Å². The molecule has 0 unspecified atom stereocenters. The van der Waals surface area contributed by atoms with Gasteiger partial charge in [-0.25, -0.2) is 4.98 Å². The summed E-state index contributed by atoms with van der Waals surface area (Å²) < 4.78 is 12.1. The highest BCUT2D eigenvalue weighted by Crippen LogP contribution is 2.36. The zero-order valence-corrected chi connectivity index (χ0v) is 18.3. The maximum atomic E-state index is 12.8. The van der Waals surface area contributed by atoms with Crippen LogP contribution in [0.2, 0.25) is 5.02 Å². The van der Waals surface area contributed by atoms with Crippen molar-refractivity contribution < 1.29 is 14.1 Å². The SMILES string of the molecule is CC1(C)OB(c2ccc(C(=O)c3csc(-c4ccc(Cl)cc4)n3)cc2)OC1(C)C. The summed E-state index contributed by atoms with van der Waals surface area (Å²) in [7, 11) is -0.445. The van der Waals surface area contributed by atoms with Crippen molar-refractivity contribution in [2.24, 2.45) is 0 Å². The van der Waals surface area contributed by atoms with Crippen molar-refractivity contribution >= 4 is 41.3 Å². The summed E-state index contributed by atoms with van der Waals surface area (Å²) in [5.74, 6) is -0.109. The van der Waals surface area contributed by atoms with Crippen LogP contribution in [-0.4, -0.2) is 29.1 Å². The van der Waals surface area contributed by atoms with Crippen LogP contribution in [0.25, 0.3) is 10.6 Å². The summed E-state index contributed by atoms with van der Waals surface area (Å²) in [6.07, 6.45) is 0. The minimum atomic E-state index is -0.445. The van der Waals surface area contributed by atoms with Gasteiger partial charge in [0, 0.05) is 21.5 Å². The molecule has 0 aliphatic carbocycles. The summed E-state index contributed by atoms with van der Waals surface area (Å²) >= 11 is 7.38. The van der Waals surface area contributed by atoms with E-state index in [0.717, 1.165) is 16.0 Å². The van der Waals surface area contributed by atoms with Crippen LogP contribution in [0.15, 0.2) is 53.9 Å². The Hall–Kier alpha value is -1.99. The van der Waals surface area contributed by atoms with E-state index in [9.17, 15) is 4.79 Å². The van der Waals surface area contributed by atoms with Gasteiger partial charge in [0.25, 0.3) is 0 Å². The zero-order chi connectivity index (χ0) is 20.8. The normalized spacial score (nSPS) is 17.5. The maximum Gasteiger partial charge on any atom is 0.494 e. The Bertz CT molecular complexity index is 1030. The van der Waals surface area contributed by atoms with Gasteiger partial charge in [0.2, 0.25) is 5.78 Å². The highest BCUT2D eigenvalue weighted by atomic mass is 35.5. The topological polar surface area (TPSA) is 48.4 Å². The van der Waals surface area contributed by atoms with E-state index < -0.39 is 18.3 Å². The first-order valence-corrected chi connectivity index (χ1v) is 10.6. The van der Waals surface area contributed by atoms with Gasteiger partial charge in [-0.3, -0.25) is 4.79 Å². The lowest BCUT2D eigenvalue weighted by atomic mass is 9.78. The van der Waals surface area contributed by atoms with Gasteiger partial charge in [0.05, 0.1) is 11.2 Å². The lowest BCUT2D eigenvalue weighted by Gasteiger charge is -2.32. The number of ketones is 1. The number of halogens is 1. The molecule has 1 aromatic heterocycles. The predicted molar refractivity (Wildman–Crippen MR) is 118 cm³/mol. The lowest BCUT2D eigenvalue weighted by molar-refractivity contribution is 0.00578. The standard InChI is InChI=1S/C22H21BClNO3S/c1-21(2)22(3,4)28-23(27-21)16-9-5-14(6-10-16)19(26)18-13-29-20(25-18)15-7-11-17(24)12-8-15/h5-13H,1-4H3. The highest BCUT2D eigenvalue weighted by molar-refractivity contribution is 7.13. The van der Waals surface area contributed by atoms with Crippen LogP contribution in [-0.2, 0) is 9.31 Å². The van der Waals surface area contributed by atoms with Crippen LogP contribution in [0, 0.1) is 0 Å². The Labute approximate surface area is 180 Å². The van der Waals surface area contributed by atoms with E-state index in [4.69, 9.17) is 20.9 Å². The molecule has 2 heterocycles. The fourth-order valence-electron chi connectivity index (χ4n) is 3.02. The van der Waals surface area contributed by atoms with Crippen LogP contribution in [0.5, 0.6) is 0 Å². The van der Waals surface area contributed by atoms with Crippen molar-refractivity contribution in [3.63, 3.8) is 0 Å². The van der Waals surface area contributed by atoms with Gasteiger partial charge in [0.15, 0.2) is 0 Å².